The molecule has 0 bridgehead atoms. The van der Waals surface area contributed by atoms with Gasteiger partial charge in [-0.3, -0.25) is 29.4 Å². The van der Waals surface area contributed by atoms with Gasteiger partial charge in [-0.25, -0.2) is 0 Å². The minimum absolute atomic E-state index is 0.0152. The predicted molar refractivity (Wildman–Crippen MR) is 100 cm³/mol. The first-order chi connectivity index (χ1) is 13.1. The van der Waals surface area contributed by atoms with E-state index in [1.165, 1.54) is 16.4 Å². The first-order valence-corrected chi connectivity index (χ1v) is 9.02. The molecule has 1 aromatic carbocycles. The van der Waals surface area contributed by atoms with Gasteiger partial charge < -0.3 is 5.32 Å². The van der Waals surface area contributed by atoms with Gasteiger partial charge in [-0.05, 0) is 5.56 Å². The molecular formula is C18H24N6O3. The van der Waals surface area contributed by atoms with Crippen molar-refractivity contribution in [3.05, 3.63) is 58.4 Å². The summed E-state index contributed by atoms with van der Waals surface area (Å²) in [6.45, 7) is 6.30. The maximum absolute atomic E-state index is 11.9. The molecular weight excluding hydrogens is 348 g/mol. The normalized spacial score (nSPS) is 15.6. The van der Waals surface area contributed by atoms with E-state index in [4.69, 9.17) is 0 Å². The third-order valence-electron chi connectivity index (χ3n) is 4.60. The number of nitro groups is 1. The second-order valence-corrected chi connectivity index (χ2v) is 6.61. The average molecular weight is 372 g/mol. The van der Waals surface area contributed by atoms with Crippen molar-refractivity contribution in [2.45, 2.75) is 13.1 Å². The Morgan fingerprint density at radius 3 is 2.52 bits per heavy atom. The second kappa shape index (κ2) is 9.24. The zero-order valence-corrected chi connectivity index (χ0v) is 15.2. The van der Waals surface area contributed by atoms with E-state index < -0.39 is 4.92 Å². The molecule has 1 amide bonds. The highest BCUT2D eigenvalue weighted by molar-refractivity contribution is 5.75. The van der Waals surface area contributed by atoms with Gasteiger partial charge in [-0.2, -0.15) is 5.10 Å². The number of aromatic nitrogens is 2. The van der Waals surface area contributed by atoms with Crippen molar-refractivity contribution in [3.63, 3.8) is 0 Å². The van der Waals surface area contributed by atoms with E-state index in [0.717, 1.165) is 45.5 Å². The molecule has 144 valence electrons. The SMILES string of the molecule is O=C(Cn1cc([N+](=O)[O-])cn1)NCCN1CCN(Cc2ccccc2)CC1. The maximum atomic E-state index is 11.9. The Morgan fingerprint density at radius 2 is 1.85 bits per heavy atom. The molecule has 2 heterocycles. The lowest BCUT2D eigenvalue weighted by molar-refractivity contribution is -0.385. The molecule has 0 aliphatic carbocycles. The average Bonchev–Trinajstić information content (AvgIpc) is 3.13. The van der Waals surface area contributed by atoms with Crippen LogP contribution in [0.2, 0.25) is 0 Å². The zero-order valence-electron chi connectivity index (χ0n) is 15.2. The van der Waals surface area contributed by atoms with Crippen molar-refractivity contribution >= 4 is 11.6 Å². The molecule has 0 unspecified atom stereocenters. The van der Waals surface area contributed by atoms with E-state index in [1.54, 1.807) is 0 Å². The van der Waals surface area contributed by atoms with Crippen LogP contribution in [0.15, 0.2) is 42.7 Å². The summed E-state index contributed by atoms with van der Waals surface area (Å²) >= 11 is 0. The van der Waals surface area contributed by atoms with Crippen LogP contribution in [0.3, 0.4) is 0 Å². The molecule has 1 aliphatic rings. The summed E-state index contributed by atoms with van der Waals surface area (Å²) in [5.41, 5.74) is 1.22. The Morgan fingerprint density at radius 1 is 1.15 bits per heavy atom. The fraction of sp³-hybridized carbons (Fsp3) is 0.444. The quantitative estimate of drug-likeness (QED) is 0.542. The molecule has 0 spiro atoms. The lowest BCUT2D eigenvalue weighted by Gasteiger charge is -2.34. The molecule has 2 aromatic rings. The fourth-order valence-corrected chi connectivity index (χ4v) is 3.10. The van der Waals surface area contributed by atoms with Crippen molar-refractivity contribution in [2.24, 2.45) is 0 Å². The van der Waals surface area contributed by atoms with Gasteiger partial charge in [0.25, 0.3) is 0 Å². The van der Waals surface area contributed by atoms with E-state index in [1.807, 2.05) is 6.07 Å². The third kappa shape index (κ3) is 5.87. The van der Waals surface area contributed by atoms with Gasteiger partial charge in [0.15, 0.2) is 0 Å². The summed E-state index contributed by atoms with van der Waals surface area (Å²) in [5, 5.41) is 17.3. The number of nitrogens with zero attached hydrogens (tertiary/aromatic N) is 5. The Hall–Kier alpha value is -2.78. The van der Waals surface area contributed by atoms with Crippen LogP contribution in [-0.2, 0) is 17.9 Å². The van der Waals surface area contributed by atoms with Crippen molar-refractivity contribution in [3.8, 4) is 0 Å². The molecule has 1 aliphatic heterocycles. The zero-order chi connectivity index (χ0) is 19.1. The molecule has 27 heavy (non-hydrogen) atoms. The number of amides is 1. The molecule has 1 aromatic heterocycles. The molecule has 0 atom stereocenters. The highest BCUT2D eigenvalue weighted by Crippen LogP contribution is 2.08. The first-order valence-electron chi connectivity index (χ1n) is 9.02. The minimum atomic E-state index is -0.529. The number of piperazine rings is 1. The molecule has 1 saturated heterocycles. The third-order valence-corrected chi connectivity index (χ3v) is 4.60. The van der Waals surface area contributed by atoms with Crippen LogP contribution >= 0.6 is 0 Å². The maximum Gasteiger partial charge on any atom is 0.307 e. The lowest BCUT2D eigenvalue weighted by Crippen LogP contribution is -2.48. The van der Waals surface area contributed by atoms with Gasteiger partial charge >= 0.3 is 5.69 Å². The van der Waals surface area contributed by atoms with Crippen LogP contribution in [0.4, 0.5) is 5.69 Å². The highest BCUT2D eigenvalue weighted by atomic mass is 16.6. The van der Waals surface area contributed by atoms with Crippen molar-refractivity contribution in [2.75, 3.05) is 39.3 Å². The number of carbonyl (C=O) groups is 1. The summed E-state index contributed by atoms with van der Waals surface area (Å²) in [6, 6.07) is 10.5. The van der Waals surface area contributed by atoms with Crippen LogP contribution in [0, 0.1) is 10.1 Å². The van der Waals surface area contributed by atoms with Gasteiger partial charge in [-0.15, -0.1) is 0 Å². The van der Waals surface area contributed by atoms with Crippen LogP contribution in [-0.4, -0.2) is 69.7 Å². The van der Waals surface area contributed by atoms with Gasteiger partial charge in [0, 0.05) is 45.8 Å². The summed E-state index contributed by atoms with van der Waals surface area (Å²) < 4.78 is 1.27. The number of carbonyl (C=O) groups excluding carboxylic acids is 1. The van der Waals surface area contributed by atoms with Crippen LogP contribution in [0.5, 0.6) is 0 Å². The molecule has 3 rings (SSSR count). The Labute approximate surface area is 157 Å². The monoisotopic (exact) mass is 372 g/mol. The second-order valence-electron chi connectivity index (χ2n) is 6.61. The van der Waals surface area contributed by atoms with Gasteiger partial charge in [0.05, 0.1) is 4.92 Å². The number of hydrogen-bond donors (Lipinski definition) is 1. The topological polar surface area (TPSA) is 96.5 Å². The van der Waals surface area contributed by atoms with Crippen molar-refractivity contribution in [1.29, 1.82) is 0 Å². The smallest absolute Gasteiger partial charge is 0.307 e. The Kier molecular flexibility index (Phi) is 6.50. The molecule has 9 nitrogen and oxygen atoms in total. The van der Waals surface area contributed by atoms with Gasteiger partial charge in [-0.1, -0.05) is 30.3 Å². The number of benzene rings is 1. The van der Waals surface area contributed by atoms with Crippen LogP contribution in [0.25, 0.3) is 0 Å². The van der Waals surface area contributed by atoms with E-state index >= 15 is 0 Å². The standard InChI is InChI=1S/C18H24N6O3/c25-18(15-23-14-17(12-20-23)24(26)27)19-6-7-21-8-10-22(11-9-21)13-16-4-2-1-3-5-16/h1-5,12,14H,6-11,13,15H2,(H,19,25). The summed E-state index contributed by atoms with van der Waals surface area (Å²) in [5.74, 6) is -0.198. The van der Waals surface area contributed by atoms with E-state index in [9.17, 15) is 14.9 Å². The summed E-state index contributed by atoms with van der Waals surface area (Å²) in [7, 11) is 0. The van der Waals surface area contributed by atoms with E-state index in [-0.39, 0.29) is 18.1 Å². The predicted octanol–water partition coefficient (Wildman–Crippen LogP) is 0.725. The number of rotatable bonds is 8. The van der Waals surface area contributed by atoms with E-state index in [2.05, 4.69) is 44.5 Å². The Balaban J connectivity index is 1.31. The number of hydrogen-bond acceptors (Lipinski definition) is 6. The minimum Gasteiger partial charge on any atom is -0.353 e. The molecule has 1 fully saturated rings. The van der Waals surface area contributed by atoms with Crippen molar-refractivity contribution in [1.82, 2.24) is 24.9 Å². The number of nitrogens with one attached hydrogen (secondary N) is 1. The molecule has 0 radical (unpaired) electrons. The van der Waals surface area contributed by atoms with Crippen LogP contribution < -0.4 is 5.32 Å². The molecule has 9 heteroatoms. The van der Waals surface area contributed by atoms with Gasteiger partial charge in [0.2, 0.25) is 5.91 Å². The molecule has 0 saturated carbocycles. The van der Waals surface area contributed by atoms with Crippen molar-refractivity contribution < 1.29 is 9.72 Å². The first kappa shape index (κ1) is 19.0. The summed E-state index contributed by atoms with van der Waals surface area (Å²) in [4.78, 5) is 26.8. The van der Waals surface area contributed by atoms with Gasteiger partial charge in [0.1, 0.15) is 18.9 Å². The highest BCUT2D eigenvalue weighted by Gasteiger charge is 2.17. The molecule has 1 N–H and O–H groups in total. The summed E-state index contributed by atoms with van der Waals surface area (Å²) in [6.07, 6.45) is 2.40. The Bertz CT molecular complexity index is 755. The van der Waals surface area contributed by atoms with E-state index in [0.29, 0.717) is 6.54 Å². The van der Waals surface area contributed by atoms with Crippen LogP contribution in [0.1, 0.15) is 5.56 Å². The largest absolute Gasteiger partial charge is 0.353 e. The fourth-order valence-electron chi connectivity index (χ4n) is 3.10. The lowest BCUT2D eigenvalue weighted by atomic mass is 10.2.